The molecule has 1 aromatic carbocycles. The molecule has 10 heteroatoms. The van der Waals surface area contributed by atoms with E-state index in [1.165, 1.54) is 18.2 Å². The van der Waals surface area contributed by atoms with Crippen molar-refractivity contribution >= 4 is 28.8 Å². The van der Waals surface area contributed by atoms with Gasteiger partial charge in [-0.1, -0.05) is 31.7 Å². The van der Waals surface area contributed by atoms with Gasteiger partial charge in [-0.25, -0.2) is 9.50 Å². The summed E-state index contributed by atoms with van der Waals surface area (Å²) in [6.07, 6.45) is -0.717. The Bertz CT molecular complexity index is 1050. The maximum Gasteiger partial charge on any atom is 0.573 e. The highest BCUT2D eigenvalue weighted by molar-refractivity contribution is 7.99. The zero-order valence-electron chi connectivity index (χ0n) is 17.2. The SMILES string of the molecule is CC(C)c1cnc2c(Nc3cccc(OC(F)(F)F)c3)cc(SC3CCCNC3)nn12. The van der Waals surface area contributed by atoms with Gasteiger partial charge in [0.1, 0.15) is 10.8 Å². The van der Waals surface area contributed by atoms with Crippen molar-refractivity contribution in [2.45, 2.75) is 49.2 Å². The van der Waals surface area contributed by atoms with Gasteiger partial charge in [-0.15, -0.1) is 13.2 Å². The van der Waals surface area contributed by atoms with Crippen LogP contribution < -0.4 is 15.4 Å². The number of fused-ring (bicyclic) bond motifs is 1. The molecule has 1 aliphatic heterocycles. The molecule has 0 amide bonds. The molecular formula is C21H24F3N5OS. The molecule has 0 saturated carbocycles. The molecule has 3 heterocycles. The van der Waals surface area contributed by atoms with Gasteiger partial charge in [-0.2, -0.15) is 5.10 Å². The number of alkyl halides is 3. The number of ether oxygens (including phenoxy) is 1. The fourth-order valence-electron chi connectivity index (χ4n) is 3.52. The number of halogens is 3. The van der Waals surface area contributed by atoms with Gasteiger partial charge < -0.3 is 15.4 Å². The third kappa shape index (κ3) is 5.43. The molecule has 2 N–H and O–H groups in total. The Morgan fingerprint density at radius 1 is 1.29 bits per heavy atom. The summed E-state index contributed by atoms with van der Waals surface area (Å²) in [7, 11) is 0. The maximum absolute atomic E-state index is 12.6. The van der Waals surface area contributed by atoms with Crippen LogP contribution in [0.5, 0.6) is 5.75 Å². The minimum atomic E-state index is -4.74. The van der Waals surface area contributed by atoms with Gasteiger partial charge in [0.15, 0.2) is 5.65 Å². The molecule has 2 aromatic heterocycles. The van der Waals surface area contributed by atoms with E-state index in [0.29, 0.717) is 22.3 Å². The molecule has 4 rings (SSSR count). The molecule has 1 saturated heterocycles. The van der Waals surface area contributed by atoms with Crippen LogP contribution in [-0.2, 0) is 0 Å². The molecule has 166 valence electrons. The Labute approximate surface area is 182 Å². The van der Waals surface area contributed by atoms with Crippen LogP contribution in [0.4, 0.5) is 24.5 Å². The average molecular weight is 452 g/mol. The largest absolute Gasteiger partial charge is 0.573 e. The monoisotopic (exact) mass is 451 g/mol. The molecule has 0 aliphatic carbocycles. The van der Waals surface area contributed by atoms with Crippen LogP contribution in [0.2, 0.25) is 0 Å². The number of anilines is 2. The number of imidazole rings is 1. The van der Waals surface area contributed by atoms with E-state index in [-0.39, 0.29) is 11.7 Å². The first kappa shape index (κ1) is 21.8. The van der Waals surface area contributed by atoms with Gasteiger partial charge in [0.25, 0.3) is 0 Å². The second-order valence-electron chi connectivity index (χ2n) is 7.76. The van der Waals surface area contributed by atoms with E-state index in [4.69, 9.17) is 5.10 Å². The zero-order chi connectivity index (χ0) is 22.0. The molecule has 6 nitrogen and oxygen atoms in total. The van der Waals surface area contributed by atoms with Crippen LogP contribution in [0.25, 0.3) is 5.65 Å². The Morgan fingerprint density at radius 3 is 2.84 bits per heavy atom. The maximum atomic E-state index is 12.6. The first-order chi connectivity index (χ1) is 14.8. The van der Waals surface area contributed by atoms with Crippen molar-refractivity contribution in [2.75, 3.05) is 18.4 Å². The lowest BCUT2D eigenvalue weighted by atomic mass is 10.2. The minimum Gasteiger partial charge on any atom is -0.406 e. The summed E-state index contributed by atoms with van der Waals surface area (Å²) in [5.74, 6) is -0.0628. The number of piperidine rings is 1. The first-order valence-electron chi connectivity index (χ1n) is 10.2. The normalized spacial score (nSPS) is 17.3. The van der Waals surface area contributed by atoms with Crippen LogP contribution in [0, 0.1) is 0 Å². The summed E-state index contributed by atoms with van der Waals surface area (Å²) in [5.41, 5.74) is 2.74. The lowest BCUT2D eigenvalue weighted by Crippen LogP contribution is -2.31. The summed E-state index contributed by atoms with van der Waals surface area (Å²) in [6, 6.07) is 7.68. The van der Waals surface area contributed by atoms with Crippen molar-refractivity contribution in [3.8, 4) is 5.75 Å². The van der Waals surface area contributed by atoms with Gasteiger partial charge in [-0.05, 0) is 43.5 Å². The second-order valence-corrected chi connectivity index (χ2v) is 9.08. The van der Waals surface area contributed by atoms with Gasteiger partial charge in [-0.3, -0.25) is 0 Å². The lowest BCUT2D eigenvalue weighted by Gasteiger charge is -2.22. The molecule has 31 heavy (non-hydrogen) atoms. The van der Waals surface area contributed by atoms with E-state index in [0.717, 1.165) is 36.7 Å². The van der Waals surface area contributed by atoms with Crippen molar-refractivity contribution in [3.63, 3.8) is 0 Å². The molecule has 0 bridgehead atoms. The fourth-order valence-corrected chi connectivity index (χ4v) is 4.67. The summed E-state index contributed by atoms with van der Waals surface area (Å²) >= 11 is 1.70. The summed E-state index contributed by atoms with van der Waals surface area (Å²) in [6.45, 7) is 6.10. The quantitative estimate of drug-likeness (QED) is 0.528. The zero-order valence-corrected chi connectivity index (χ0v) is 18.1. The van der Waals surface area contributed by atoms with E-state index >= 15 is 0 Å². The van der Waals surface area contributed by atoms with Gasteiger partial charge >= 0.3 is 6.36 Å². The van der Waals surface area contributed by atoms with E-state index in [1.807, 2.05) is 10.6 Å². The number of hydrogen-bond acceptors (Lipinski definition) is 6. The molecule has 0 spiro atoms. The minimum absolute atomic E-state index is 0.218. The third-order valence-corrected chi connectivity index (χ3v) is 6.13. The standard InChI is InChI=1S/C21H24F3N5OS/c1-13(2)18-12-26-20-17(27-14-5-3-6-15(9-14)30-21(22,23)24)10-19(28-29(18)20)31-16-7-4-8-25-11-16/h3,5-6,9-10,12-13,16,25,27H,4,7-8,11H2,1-2H3. The highest BCUT2D eigenvalue weighted by Gasteiger charge is 2.31. The number of nitrogens with one attached hydrogen (secondary N) is 2. The fraction of sp³-hybridized carbons (Fsp3) is 0.429. The summed E-state index contributed by atoms with van der Waals surface area (Å²) in [4.78, 5) is 4.51. The van der Waals surface area contributed by atoms with E-state index < -0.39 is 6.36 Å². The van der Waals surface area contributed by atoms with Gasteiger partial charge in [0, 0.05) is 23.5 Å². The number of nitrogens with zero attached hydrogens (tertiary/aromatic N) is 3. The predicted molar refractivity (Wildman–Crippen MR) is 115 cm³/mol. The van der Waals surface area contributed by atoms with Gasteiger partial charge in [0.05, 0.1) is 17.6 Å². The smallest absolute Gasteiger partial charge is 0.406 e. The lowest BCUT2D eigenvalue weighted by molar-refractivity contribution is -0.274. The van der Waals surface area contributed by atoms with Crippen molar-refractivity contribution in [1.82, 2.24) is 19.9 Å². The molecule has 1 atom stereocenters. The number of rotatable bonds is 6. The van der Waals surface area contributed by atoms with Crippen LogP contribution >= 0.6 is 11.8 Å². The summed E-state index contributed by atoms with van der Waals surface area (Å²) < 4.78 is 43.6. The van der Waals surface area contributed by atoms with E-state index in [1.54, 1.807) is 24.0 Å². The molecule has 1 fully saturated rings. The van der Waals surface area contributed by atoms with Crippen molar-refractivity contribution in [3.05, 3.63) is 42.2 Å². The molecule has 1 aliphatic rings. The Kier molecular flexibility index (Phi) is 6.29. The Hall–Kier alpha value is -2.46. The number of thioether (sulfide) groups is 1. The molecule has 0 radical (unpaired) electrons. The van der Waals surface area contributed by atoms with E-state index in [2.05, 4.69) is 34.2 Å². The van der Waals surface area contributed by atoms with Crippen molar-refractivity contribution in [1.29, 1.82) is 0 Å². The summed E-state index contributed by atoms with van der Waals surface area (Å²) in [5, 5.41) is 12.7. The van der Waals surface area contributed by atoms with Crippen LogP contribution in [0.1, 0.15) is 38.3 Å². The number of aromatic nitrogens is 3. The number of hydrogen-bond donors (Lipinski definition) is 2. The number of benzene rings is 1. The highest BCUT2D eigenvalue weighted by atomic mass is 32.2. The van der Waals surface area contributed by atoms with Crippen molar-refractivity contribution in [2.24, 2.45) is 0 Å². The van der Waals surface area contributed by atoms with Crippen LogP contribution in [0.15, 0.2) is 41.6 Å². The molecule has 3 aromatic rings. The van der Waals surface area contributed by atoms with Crippen molar-refractivity contribution < 1.29 is 17.9 Å². The average Bonchev–Trinajstić information content (AvgIpc) is 3.12. The second kappa shape index (κ2) is 8.96. The molecule has 1 unspecified atom stereocenters. The third-order valence-electron chi connectivity index (χ3n) is 4.95. The predicted octanol–water partition coefficient (Wildman–Crippen LogP) is 5.34. The van der Waals surface area contributed by atoms with E-state index in [9.17, 15) is 13.2 Å². The van der Waals surface area contributed by atoms with Crippen LogP contribution in [0.3, 0.4) is 0 Å². The molecular weight excluding hydrogens is 427 g/mol. The van der Waals surface area contributed by atoms with Crippen LogP contribution in [-0.4, -0.2) is 39.3 Å². The Morgan fingerprint density at radius 2 is 2.13 bits per heavy atom. The van der Waals surface area contributed by atoms with Gasteiger partial charge in [0.2, 0.25) is 0 Å². The Balaban J connectivity index is 1.68. The highest BCUT2D eigenvalue weighted by Crippen LogP contribution is 2.33. The first-order valence-corrected chi connectivity index (χ1v) is 11.1. The topological polar surface area (TPSA) is 63.5 Å².